The Labute approximate surface area is 99.8 Å². The molecule has 0 aromatic carbocycles. The normalized spacial score (nSPS) is 14.5. The van der Waals surface area contributed by atoms with E-state index in [1.165, 1.54) is 12.2 Å². The summed E-state index contributed by atoms with van der Waals surface area (Å²) in [6.07, 6.45) is 4.27. The van der Waals surface area contributed by atoms with Crippen molar-refractivity contribution in [1.29, 1.82) is 0 Å². The number of carbonyl (C=O) groups is 3. The molecule has 0 bridgehead atoms. The van der Waals surface area contributed by atoms with Gasteiger partial charge in [0.1, 0.15) is 0 Å². The maximum Gasteiger partial charge on any atom is 0.253 e. The molecule has 1 heterocycles. The number of nitrogens with one attached hydrogen (secondary N) is 1. The van der Waals surface area contributed by atoms with Crippen LogP contribution in [0.25, 0.3) is 0 Å². The zero-order valence-corrected chi connectivity index (χ0v) is 9.65. The molecule has 94 valence electrons. The molecule has 3 N–H and O–H groups in total. The van der Waals surface area contributed by atoms with E-state index in [2.05, 4.69) is 5.32 Å². The van der Waals surface area contributed by atoms with Crippen LogP contribution in [0, 0.1) is 0 Å². The minimum absolute atomic E-state index is 0.132. The number of rotatable bonds is 7. The maximum atomic E-state index is 11.4. The van der Waals surface area contributed by atoms with Gasteiger partial charge >= 0.3 is 0 Å². The van der Waals surface area contributed by atoms with Crippen molar-refractivity contribution in [2.75, 3.05) is 19.6 Å². The quantitative estimate of drug-likeness (QED) is 0.447. The number of nitrogens with two attached hydrogens (primary N) is 1. The first-order chi connectivity index (χ1) is 8.15. The van der Waals surface area contributed by atoms with Gasteiger partial charge in [-0.3, -0.25) is 19.3 Å². The fourth-order valence-electron chi connectivity index (χ4n) is 1.45. The summed E-state index contributed by atoms with van der Waals surface area (Å²) in [5.74, 6) is -0.869. The summed E-state index contributed by atoms with van der Waals surface area (Å²) in [4.78, 5) is 34.8. The molecule has 0 radical (unpaired) electrons. The Morgan fingerprint density at radius 3 is 2.47 bits per heavy atom. The van der Waals surface area contributed by atoms with Crippen LogP contribution in [-0.2, 0) is 14.4 Å². The standard InChI is InChI=1S/C11H17N3O3/c12-6-1-2-7-13-9(15)5-8-14-10(16)3-4-11(14)17/h3-4H,1-2,5-8,12H2,(H,13,15). The Morgan fingerprint density at radius 1 is 1.24 bits per heavy atom. The van der Waals surface area contributed by atoms with Crippen LogP contribution in [0.4, 0.5) is 0 Å². The van der Waals surface area contributed by atoms with Crippen LogP contribution in [-0.4, -0.2) is 42.3 Å². The van der Waals surface area contributed by atoms with Gasteiger partial charge in [-0.1, -0.05) is 0 Å². The average molecular weight is 239 g/mol. The average Bonchev–Trinajstić information content (AvgIpc) is 2.62. The van der Waals surface area contributed by atoms with Gasteiger partial charge in [0.15, 0.2) is 0 Å². The highest BCUT2D eigenvalue weighted by molar-refractivity contribution is 6.13. The fraction of sp³-hybridized carbons (Fsp3) is 0.545. The van der Waals surface area contributed by atoms with Crippen molar-refractivity contribution < 1.29 is 14.4 Å². The Morgan fingerprint density at radius 2 is 1.88 bits per heavy atom. The van der Waals surface area contributed by atoms with Gasteiger partial charge in [0.05, 0.1) is 0 Å². The number of hydrogen-bond acceptors (Lipinski definition) is 4. The molecule has 6 nitrogen and oxygen atoms in total. The van der Waals surface area contributed by atoms with E-state index >= 15 is 0 Å². The predicted molar refractivity (Wildman–Crippen MR) is 61.8 cm³/mol. The molecule has 0 saturated heterocycles. The Bertz CT molecular complexity index is 321. The van der Waals surface area contributed by atoms with Crippen molar-refractivity contribution in [2.24, 2.45) is 5.73 Å². The van der Waals surface area contributed by atoms with Gasteiger partial charge < -0.3 is 11.1 Å². The Balaban J connectivity index is 2.16. The van der Waals surface area contributed by atoms with Crippen LogP contribution in [0.15, 0.2) is 12.2 Å². The number of carbonyl (C=O) groups excluding carboxylic acids is 3. The monoisotopic (exact) mass is 239 g/mol. The van der Waals surface area contributed by atoms with E-state index in [0.29, 0.717) is 13.1 Å². The molecular formula is C11H17N3O3. The molecule has 1 rings (SSSR count). The zero-order valence-electron chi connectivity index (χ0n) is 9.65. The summed E-state index contributed by atoms with van der Waals surface area (Å²) >= 11 is 0. The second-order valence-corrected chi connectivity index (χ2v) is 3.76. The molecular weight excluding hydrogens is 222 g/mol. The molecule has 0 aromatic heterocycles. The largest absolute Gasteiger partial charge is 0.356 e. The maximum absolute atomic E-state index is 11.4. The highest BCUT2D eigenvalue weighted by Crippen LogP contribution is 2.03. The van der Waals surface area contributed by atoms with E-state index in [4.69, 9.17) is 5.73 Å². The van der Waals surface area contributed by atoms with Crippen LogP contribution >= 0.6 is 0 Å². The van der Waals surface area contributed by atoms with Gasteiger partial charge in [-0.05, 0) is 19.4 Å². The number of nitrogens with zero attached hydrogens (tertiary/aromatic N) is 1. The molecule has 0 saturated carbocycles. The Kier molecular flexibility index (Phi) is 5.35. The lowest BCUT2D eigenvalue weighted by molar-refractivity contribution is -0.137. The molecule has 0 aliphatic carbocycles. The van der Waals surface area contributed by atoms with Gasteiger partial charge in [0.2, 0.25) is 5.91 Å². The first-order valence-corrected chi connectivity index (χ1v) is 5.65. The van der Waals surface area contributed by atoms with Gasteiger partial charge in [0, 0.05) is 31.7 Å². The molecule has 0 fully saturated rings. The van der Waals surface area contributed by atoms with E-state index in [9.17, 15) is 14.4 Å². The lowest BCUT2D eigenvalue weighted by Crippen LogP contribution is -2.35. The minimum Gasteiger partial charge on any atom is -0.356 e. The summed E-state index contributed by atoms with van der Waals surface area (Å²) in [6.45, 7) is 1.32. The summed E-state index contributed by atoms with van der Waals surface area (Å²) in [5, 5.41) is 2.71. The van der Waals surface area contributed by atoms with Crippen molar-refractivity contribution >= 4 is 17.7 Å². The lowest BCUT2D eigenvalue weighted by atomic mass is 10.3. The number of imide groups is 1. The molecule has 0 aromatic rings. The van der Waals surface area contributed by atoms with Crippen molar-refractivity contribution in [3.63, 3.8) is 0 Å². The van der Waals surface area contributed by atoms with Gasteiger partial charge in [-0.25, -0.2) is 0 Å². The molecule has 6 heteroatoms. The molecule has 0 spiro atoms. The zero-order chi connectivity index (χ0) is 12.7. The lowest BCUT2D eigenvalue weighted by Gasteiger charge is -2.13. The van der Waals surface area contributed by atoms with Crippen LogP contribution in [0.1, 0.15) is 19.3 Å². The van der Waals surface area contributed by atoms with Crippen LogP contribution < -0.4 is 11.1 Å². The van der Waals surface area contributed by atoms with E-state index in [0.717, 1.165) is 17.7 Å². The van der Waals surface area contributed by atoms with Crippen molar-refractivity contribution in [3.8, 4) is 0 Å². The van der Waals surface area contributed by atoms with Gasteiger partial charge in [-0.2, -0.15) is 0 Å². The van der Waals surface area contributed by atoms with Crippen LogP contribution in [0.2, 0.25) is 0 Å². The molecule has 3 amide bonds. The molecule has 1 aliphatic rings. The summed E-state index contributed by atoms with van der Waals surface area (Å²) < 4.78 is 0. The van der Waals surface area contributed by atoms with E-state index in [1.807, 2.05) is 0 Å². The fourth-order valence-corrected chi connectivity index (χ4v) is 1.45. The van der Waals surface area contributed by atoms with Crippen LogP contribution in [0.5, 0.6) is 0 Å². The molecule has 1 aliphatic heterocycles. The molecule has 0 unspecified atom stereocenters. The third-order valence-electron chi connectivity index (χ3n) is 2.42. The summed E-state index contributed by atoms with van der Waals surface area (Å²) in [7, 11) is 0. The highest BCUT2D eigenvalue weighted by Gasteiger charge is 2.23. The molecule has 17 heavy (non-hydrogen) atoms. The number of amides is 3. The van der Waals surface area contributed by atoms with E-state index < -0.39 is 0 Å². The van der Waals surface area contributed by atoms with Crippen molar-refractivity contribution in [1.82, 2.24) is 10.2 Å². The SMILES string of the molecule is NCCCCNC(=O)CCN1C(=O)C=CC1=O. The molecule has 0 atom stereocenters. The summed E-state index contributed by atoms with van der Waals surface area (Å²) in [5.41, 5.74) is 5.32. The first-order valence-electron chi connectivity index (χ1n) is 5.65. The second-order valence-electron chi connectivity index (χ2n) is 3.76. The first kappa shape index (κ1) is 13.4. The number of unbranched alkanes of at least 4 members (excludes halogenated alkanes) is 1. The van der Waals surface area contributed by atoms with Crippen molar-refractivity contribution in [3.05, 3.63) is 12.2 Å². The second kappa shape index (κ2) is 6.80. The third kappa shape index (κ3) is 4.36. The minimum atomic E-state index is -0.356. The third-order valence-corrected chi connectivity index (χ3v) is 2.42. The Hall–Kier alpha value is -1.69. The number of hydrogen-bond donors (Lipinski definition) is 2. The van der Waals surface area contributed by atoms with E-state index in [1.54, 1.807) is 0 Å². The highest BCUT2D eigenvalue weighted by atomic mass is 16.2. The van der Waals surface area contributed by atoms with Gasteiger partial charge in [0.25, 0.3) is 11.8 Å². The van der Waals surface area contributed by atoms with Crippen molar-refractivity contribution in [2.45, 2.75) is 19.3 Å². The summed E-state index contributed by atoms with van der Waals surface area (Å²) in [6, 6.07) is 0. The van der Waals surface area contributed by atoms with Gasteiger partial charge in [-0.15, -0.1) is 0 Å². The van der Waals surface area contributed by atoms with E-state index in [-0.39, 0.29) is 30.7 Å². The topological polar surface area (TPSA) is 92.5 Å². The smallest absolute Gasteiger partial charge is 0.253 e. The van der Waals surface area contributed by atoms with Crippen LogP contribution in [0.3, 0.4) is 0 Å². The predicted octanol–water partition coefficient (Wildman–Crippen LogP) is -0.843.